The number of carbonyl (C=O) groups is 2. The minimum Gasteiger partial charge on any atom is -0.444 e. The molecule has 3 unspecified atom stereocenters. The van der Waals surface area contributed by atoms with Crippen molar-refractivity contribution in [3.8, 4) is 0 Å². The van der Waals surface area contributed by atoms with E-state index in [4.69, 9.17) is 4.74 Å². The largest absolute Gasteiger partial charge is 0.444 e. The number of allylic oxidation sites excluding steroid dienone is 2. The molecule has 1 heterocycles. The van der Waals surface area contributed by atoms with Gasteiger partial charge in [-0.15, -0.1) is 0 Å². The molecule has 1 N–H and O–H groups in total. The summed E-state index contributed by atoms with van der Waals surface area (Å²) < 4.78 is 5.47. The summed E-state index contributed by atoms with van der Waals surface area (Å²) in [6.45, 7) is 16.1. The molecule has 26 heavy (non-hydrogen) atoms. The molecule has 1 saturated heterocycles. The van der Waals surface area contributed by atoms with Gasteiger partial charge in [0.1, 0.15) is 5.60 Å². The maximum absolute atomic E-state index is 12.6. The fourth-order valence-electron chi connectivity index (χ4n) is 3.93. The number of nitrogens with zero attached hydrogens (tertiary/aromatic N) is 1. The Hall–Kier alpha value is -1.52. The van der Waals surface area contributed by atoms with Crippen molar-refractivity contribution < 1.29 is 14.3 Å². The molecule has 2 aliphatic rings. The van der Waals surface area contributed by atoms with E-state index in [1.165, 1.54) is 5.57 Å². The Labute approximate surface area is 158 Å². The van der Waals surface area contributed by atoms with E-state index in [9.17, 15) is 9.59 Å². The number of amides is 2. The lowest BCUT2D eigenvalue weighted by Crippen LogP contribution is -2.45. The quantitative estimate of drug-likeness (QED) is 0.768. The number of nitrogens with one attached hydrogen (secondary N) is 1. The van der Waals surface area contributed by atoms with Crippen LogP contribution in [-0.4, -0.2) is 42.1 Å². The molecule has 0 radical (unpaired) electrons. The summed E-state index contributed by atoms with van der Waals surface area (Å²) in [7, 11) is 0. The average Bonchev–Trinajstić information content (AvgIpc) is 3.03. The van der Waals surface area contributed by atoms with Gasteiger partial charge in [0, 0.05) is 19.6 Å². The lowest BCUT2D eigenvalue weighted by Gasteiger charge is -2.34. The maximum atomic E-state index is 12.6. The van der Waals surface area contributed by atoms with Gasteiger partial charge < -0.3 is 15.0 Å². The Balaban J connectivity index is 1.83. The van der Waals surface area contributed by atoms with Gasteiger partial charge in [-0.25, -0.2) is 4.79 Å². The normalized spacial score (nSPS) is 27.5. The van der Waals surface area contributed by atoms with Crippen LogP contribution < -0.4 is 5.32 Å². The summed E-state index contributed by atoms with van der Waals surface area (Å²) in [4.78, 5) is 26.6. The van der Waals surface area contributed by atoms with Crippen LogP contribution in [0.4, 0.5) is 4.79 Å². The number of piperidine rings is 1. The summed E-state index contributed by atoms with van der Waals surface area (Å²) in [6.07, 6.45) is 3.95. The zero-order valence-electron chi connectivity index (χ0n) is 17.5. The Morgan fingerprint density at radius 3 is 2.50 bits per heavy atom. The van der Waals surface area contributed by atoms with Crippen molar-refractivity contribution in [1.82, 2.24) is 10.2 Å². The molecular formula is C21H36N2O3. The smallest absolute Gasteiger partial charge is 0.410 e. The highest BCUT2D eigenvalue weighted by atomic mass is 16.6. The van der Waals surface area contributed by atoms with Crippen LogP contribution in [0.1, 0.15) is 61.3 Å². The van der Waals surface area contributed by atoms with Crippen LogP contribution in [0.5, 0.6) is 0 Å². The topological polar surface area (TPSA) is 58.6 Å². The first-order valence-electron chi connectivity index (χ1n) is 9.82. The fraction of sp³-hybridized carbons (Fsp3) is 0.810. The van der Waals surface area contributed by atoms with E-state index in [-0.39, 0.29) is 23.3 Å². The summed E-state index contributed by atoms with van der Waals surface area (Å²) >= 11 is 0. The first kappa shape index (κ1) is 20.8. The molecule has 0 bridgehead atoms. The minimum absolute atomic E-state index is 0.0382. The van der Waals surface area contributed by atoms with Gasteiger partial charge in [0.2, 0.25) is 5.91 Å². The van der Waals surface area contributed by atoms with E-state index in [0.717, 1.165) is 19.4 Å². The average molecular weight is 365 g/mol. The molecule has 0 spiro atoms. The van der Waals surface area contributed by atoms with E-state index in [1.54, 1.807) is 4.90 Å². The number of hydrogen-bond donors (Lipinski definition) is 1. The highest BCUT2D eigenvalue weighted by Crippen LogP contribution is 2.59. The summed E-state index contributed by atoms with van der Waals surface area (Å²) in [5, 5.41) is 3.13. The predicted molar refractivity (Wildman–Crippen MR) is 104 cm³/mol. The van der Waals surface area contributed by atoms with Gasteiger partial charge in [0.25, 0.3) is 0 Å². The fourth-order valence-corrected chi connectivity index (χ4v) is 3.93. The monoisotopic (exact) mass is 364 g/mol. The third-order valence-electron chi connectivity index (χ3n) is 5.44. The molecule has 0 aromatic rings. The molecule has 1 saturated carbocycles. The maximum Gasteiger partial charge on any atom is 0.410 e. The Morgan fingerprint density at radius 1 is 1.27 bits per heavy atom. The van der Waals surface area contributed by atoms with Gasteiger partial charge in [0.15, 0.2) is 0 Å². The zero-order valence-corrected chi connectivity index (χ0v) is 17.5. The molecular weight excluding hydrogens is 328 g/mol. The zero-order chi connectivity index (χ0) is 19.7. The van der Waals surface area contributed by atoms with E-state index in [1.807, 2.05) is 20.8 Å². The summed E-state index contributed by atoms with van der Waals surface area (Å²) in [5.74, 6) is 0.830. The van der Waals surface area contributed by atoms with E-state index >= 15 is 0 Å². The first-order chi connectivity index (χ1) is 11.9. The van der Waals surface area contributed by atoms with Gasteiger partial charge in [-0.2, -0.15) is 0 Å². The van der Waals surface area contributed by atoms with E-state index < -0.39 is 5.60 Å². The van der Waals surface area contributed by atoms with Gasteiger partial charge in [-0.3, -0.25) is 4.79 Å². The van der Waals surface area contributed by atoms with Crippen LogP contribution in [-0.2, 0) is 9.53 Å². The summed E-state index contributed by atoms with van der Waals surface area (Å²) in [5.41, 5.74) is 0.824. The highest BCUT2D eigenvalue weighted by molar-refractivity contribution is 5.83. The van der Waals surface area contributed by atoms with Crippen molar-refractivity contribution in [2.75, 3.05) is 19.6 Å². The summed E-state index contributed by atoms with van der Waals surface area (Å²) in [6, 6.07) is 0. The van der Waals surface area contributed by atoms with Crippen LogP contribution in [0.25, 0.3) is 0 Å². The second-order valence-corrected chi connectivity index (χ2v) is 9.75. The third-order valence-corrected chi connectivity index (χ3v) is 5.44. The molecule has 3 atom stereocenters. The van der Waals surface area contributed by atoms with E-state index in [2.05, 4.69) is 39.1 Å². The molecule has 2 rings (SSSR count). The van der Waals surface area contributed by atoms with Gasteiger partial charge in [-0.1, -0.05) is 25.5 Å². The Kier molecular flexibility index (Phi) is 6.09. The van der Waals surface area contributed by atoms with Crippen molar-refractivity contribution in [3.63, 3.8) is 0 Å². The lowest BCUT2D eigenvalue weighted by molar-refractivity contribution is -0.123. The van der Waals surface area contributed by atoms with Crippen LogP contribution in [0.15, 0.2) is 11.6 Å². The second kappa shape index (κ2) is 7.61. The van der Waals surface area contributed by atoms with Crippen molar-refractivity contribution in [3.05, 3.63) is 11.6 Å². The van der Waals surface area contributed by atoms with Crippen LogP contribution in [0, 0.1) is 23.2 Å². The van der Waals surface area contributed by atoms with Crippen LogP contribution >= 0.6 is 0 Å². The molecule has 2 fully saturated rings. The second-order valence-electron chi connectivity index (χ2n) is 9.75. The standard InChI is InChI=1S/C21H36N2O3/c1-14(2)11-16-17(21(16,6)7)18(24)22-12-15-9-8-10-23(13-15)19(25)26-20(3,4)5/h11,15-17H,8-10,12-13H2,1-7H3,(H,22,24). The van der Waals surface area contributed by atoms with Crippen molar-refractivity contribution in [1.29, 1.82) is 0 Å². The molecule has 1 aliphatic heterocycles. The molecule has 0 aromatic heterocycles. The van der Waals surface area contributed by atoms with Gasteiger partial charge in [0.05, 0.1) is 5.92 Å². The van der Waals surface area contributed by atoms with Crippen molar-refractivity contribution in [2.45, 2.75) is 66.9 Å². The minimum atomic E-state index is -0.476. The molecule has 0 aromatic carbocycles. The molecule has 5 heteroatoms. The SMILES string of the molecule is CC(C)=CC1C(C(=O)NCC2CCCN(C(=O)OC(C)(C)C)C2)C1(C)C. The van der Waals surface area contributed by atoms with Crippen LogP contribution in [0.2, 0.25) is 0 Å². The van der Waals surface area contributed by atoms with Gasteiger partial charge >= 0.3 is 6.09 Å². The molecule has 5 nitrogen and oxygen atoms in total. The number of ether oxygens (including phenoxy) is 1. The molecule has 148 valence electrons. The third kappa shape index (κ3) is 5.24. The number of hydrogen-bond acceptors (Lipinski definition) is 3. The van der Waals surface area contributed by atoms with Crippen LogP contribution in [0.3, 0.4) is 0 Å². The number of rotatable bonds is 4. The molecule has 1 aliphatic carbocycles. The number of likely N-dealkylation sites (tertiary alicyclic amines) is 1. The Bertz CT molecular complexity index is 570. The van der Waals surface area contributed by atoms with E-state index in [0.29, 0.717) is 24.9 Å². The van der Waals surface area contributed by atoms with Crippen molar-refractivity contribution >= 4 is 12.0 Å². The number of carbonyl (C=O) groups excluding carboxylic acids is 2. The predicted octanol–water partition coefficient (Wildman–Crippen LogP) is 3.99. The van der Waals surface area contributed by atoms with Crippen molar-refractivity contribution in [2.24, 2.45) is 23.2 Å². The molecule has 2 amide bonds. The van der Waals surface area contributed by atoms with Gasteiger partial charge in [-0.05, 0) is 64.7 Å². The lowest BCUT2D eigenvalue weighted by atomic mass is 9.98. The Morgan fingerprint density at radius 2 is 1.92 bits per heavy atom. The highest BCUT2D eigenvalue weighted by Gasteiger charge is 2.60. The first-order valence-corrected chi connectivity index (χ1v) is 9.82.